The van der Waals surface area contributed by atoms with Gasteiger partial charge in [0, 0.05) is 47.9 Å². The van der Waals surface area contributed by atoms with E-state index in [-0.39, 0.29) is 5.91 Å². The van der Waals surface area contributed by atoms with Gasteiger partial charge in [-0.05, 0) is 100.0 Å². The van der Waals surface area contributed by atoms with Crippen molar-refractivity contribution in [2.75, 3.05) is 39.8 Å². The van der Waals surface area contributed by atoms with Crippen LogP contribution in [0, 0.1) is 11.8 Å². The van der Waals surface area contributed by atoms with Crippen LogP contribution in [0.1, 0.15) is 70.2 Å². The number of carbonyl (C=O) groups is 1. The second kappa shape index (κ2) is 13.1. The largest absolute Gasteiger partial charge is 0.497 e. The molecule has 3 heterocycles. The number of methoxy groups -OCH3 is 1. The fourth-order valence-electron chi connectivity index (χ4n) is 5.88. The molecule has 0 saturated carbocycles. The molecule has 7 heteroatoms. The van der Waals surface area contributed by atoms with Gasteiger partial charge in [0.2, 0.25) is 0 Å². The van der Waals surface area contributed by atoms with E-state index in [1.165, 1.54) is 25.9 Å². The van der Waals surface area contributed by atoms with Crippen molar-refractivity contribution in [3.05, 3.63) is 48.2 Å². The lowest BCUT2D eigenvalue weighted by molar-refractivity contribution is 0.0741. The lowest BCUT2D eigenvalue weighted by Gasteiger charge is -2.25. The average Bonchev–Trinajstić information content (AvgIpc) is 3.71. The Hall–Kier alpha value is -3.32. The van der Waals surface area contributed by atoms with Crippen LogP contribution in [0.4, 0.5) is 0 Å². The highest BCUT2D eigenvalue weighted by atomic mass is 16.5. The smallest absolute Gasteiger partial charge is 0.253 e. The Kier molecular flexibility index (Phi) is 9.33. The summed E-state index contributed by atoms with van der Waals surface area (Å²) in [7, 11) is 1.70. The molecule has 7 nitrogen and oxygen atoms in total. The summed E-state index contributed by atoms with van der Waals surface area (Å²) in [4.78, 5) is 27.0. The van der Waals surface area contributed by atoms with Crippen LogP contribution in [0.3, 0.4) is 0 Å². The summed E-state index contributed by atoms with van der Waals surface area (Å²) < 4.78 is 7.87. The van der Waals surface area contributed by atoms with Gasteiger partial charge in [0.15, 0.2) is 0 Å². The topological polar surface area (TPSA) is 66.4 Å². The number of hydrogen-bond donors (Lipinski definition) is 1. The number of H-pyrrole nitrogens is 1. The molecule has 2 aromatic heterocycles. The number of amides is 1. The minimum atomic E-state index is 0.122. The zero-order chi connectivity index (χ0) is 28.9. The molecule has 1 aliphatic heterocycles. The number of aromatic nitrogens is 3. The van der Waals surface area contributed by atoms with E-state index in [4.69, 9.17) is 9.72 Å². The molecule has 1 fully saturated rings. The number of carbonyl (C=O) groups excluding carboxylic acids is 1. The molecule has 4 aromatic rings. The summed E-state index contributed by atoms with van der Waals surface area (Å²) in [5.74, 6) is 2.99. The van der Waals surface area contributed by atoms with E-state index in [1.807, 2.05) is 24.4 Å². The maximum atomic E-state index is 13.9. The van der Waals surface area contributed by atoms with Crippen LogP contribution in [0.25, 0.3) is 33.3 Å². The maximum Gasteiger partial charge on any atom is 0.253 e. The van der Waals surface area contributed by atoms with Crippen LogP contribution in [-0.2, 0) is 6.54 Å². The normalized spacial score (nSPS) is 14.2. The Labute approximate surface area is 244 Å². The molecule has 1 amide bonds. The third kappa shape index (κ3) is 6.78. The van der Waals surface area contributed by atoms with Gasteiger partial charge in [0.25, 0.3) is 5.91 Å². The quantitative estimate of drug-likeness (QED) is 0.189. The van der Waals surface area contributed by atoms with E-state index in [9.17, 15) is 4.79 Å². The van der Waals surface area contributed by atoms with Gasteiger partial charge in [-0.25, -0.2) is 4.98 Å². The third-order valence-corrected chi connectivity index (χ3v) is 8.42. The fraction of sp³-hybridized carbons (Fsp3) is 0.529. The van der Waals surface area contributed by atoms with Gasteiger partial charge < -0.3 is 24.1 Å². The number of nitrogens with zero attached hydrogens (tertiary/aromatic N) is 4. The van der Waals surface area contributed by atoms with E-state index in [2.05, 4.69) is 65.2 Å². The lowest BCUT2D eigenvalue weighted by Crippen LogP contribution is -2.34. The molecule has 0 atom stereocenters. The van der Waals surface area contributed by atoms with Crippen LogP contribution in [0.15, 0.2) is 42.6 Å². The first kappa shape index (κ1) is 29.2. The molecule has 0 unspecified atom stereocenters. The molecule has 0 aliphatic carbocycles. The predicted molar refractivity (Wildman–Crippen MR) is 169 cm³/mol. The average molecular weight is 558 g/mol. The highest BCUT2D eigenvalue weighted by Gasteiger charge is 2.21. The summed E-state index contributed by atoms with van der Waals surface area (Å²) >= 11 is 0. The van der Waals surface area contributed by atoms with Crippen molar-refractivity contribution in [3.63, 3.8) is 0 Å². The SMILES string of the molecule is COc1ccc2[nH]cc(-c3nc4ccc(C(=O)N(CCC(C)C)CCC(C)C)cc4n3CCCN3CCCC3)c2c1. The van der Waals surface area contributed by atoms with Crippen LogP contribution in [0.2, 0.25) is 0 Å². The number of rotatable bonds is 13. The minimum absolute atomic E-state index is 0.122. The third-order valence-electron chi connectivity index (χ3n) is 8.42. The van der Waals surface area contributed by atoms with Gasteiger partial charge in [-0.3, -0.25) is 4.79 Å². The number of likely N-dealkylation sites (tertiary alicyclic amines) is 1. The molecule has 220 valence electrons. The highest BCUT2D eigenvalue weighted by Crippen LogP contribution is 2.33. The zero-order valence-electron chi connectivity index (χ0n) is 25.6. The molecular weight excluding hydrogens is 510 g/mol. The molecule has 0 bridgehead atoms. The van der Waals surface area contributed by atoms with Crippen molar-refractivity contribution < 1.29 is 9.53 Å². The molecule has 5 rings (SSSR count). The first-order valence-corrected chi connectivity index (χ1v) is 15.5. The Morgan fingerprint density at radius 1 is 1.00 bits per heavy atom. The number of aryl methyl sites for hydroxylation is 1. The Bertz CT molecular complexity index is 1450. The van der Waals surface area contributed by atoms with Crippen molar-refractivity contribution in [1.82, 2.24) is 24.3 Å². The van der Waals surface area contributed by atoms with Gasteiger partial charge in [-0.15, -0.1) is 0 Å². The van der Waals surface area contributed by atoms with E-state index in [1.54, 1.807) is 7.11 Å². The summed E-state index contributed by atoms with van der Waals surface area (Å²) in [5, 5.41) is 1.09. The second-order valence-corrected chi connectivity index (χ2v) is 12.5. The molecule has 0 radical (unpaired) electrons. The number of imidazole rings is 1. The van der Waals surface area contributed by atoms with Crippen LogP contribution in [-0.4, -0.2) is 70.1 Å². The molecule has 2 aromatic carbocycles. The van der Waals surface area contributed by atoms with Crippen molar-refractivity contribution in [2.24, 2.45) is 11.8 Å². The van der Waals surface area contributed by atoms with Crippen LogP contribution >= 0.6 is 0 Å². The number of fused-ring (bicyclic) bond motifs is 2. The van der Waals surface area contributed by atoms with Crippen molar-refractivity contribution in [2.45, 2.75) is 66.3 Å². The summed E-state index contributed by atoms with van der Waals surface area (Å²) in [6, 6.07) is 12.2. The Balaban J connectivity index is 1.52. The molecule has 1 aliphatic rings. The van der Waals surface area contributed by atoms with Gasteiger partial charge in [0.1, 0.15) is 11.6 Å². The van der Waals surface area contributed by atoms with Gasteiger partial charge in [0.05, 0.1) is 18.1 Å². The molecule has 1 N–H and O–H groups in total. The molecule has 0 spiro atoms. The van der Waals surface area contributed by atoms with E-state index in [0.717, 1.165) is 90.1 Å². The minimum Gasteiger partial charge on any atom is -0.497 e. The number of hydrogen-bond acceptors (Lipinski definition) is 4. The van der Waals surface area contributed by atoms with Gasteiger partial charge in [-0.2, -0.15) is 0 Å². The number of nitrogens with one attached hydrogen (secondary N) is 1. The summed E-state index contributed by atoms with van der Waals surface area (Å²) in [6.07, 6.45) is 7.70. The monoisotopic (exact) mass is 557 g/mol. The maximum absolute atomic E-state index is 13.9. The Morgan fingerprint density at radius 3 is 2.41 bits per heavy atom. The number of benzene rings is 2. The molecule has 1 saturated heterocycles. The van der Waals surface area contributed by atoms with E-state index < -0.39 is 0 Å². The molecular formula is C34H47N5O2. The fourth-order valence-corrected chi connectivity index (χ4v) is 5.88. The zero-order valence-corrected chi connectivity index (χ0v) is 25.6. The first-order chi connectivity index (χ1) is 19.8. The standard InChI is InChI=1S/C34H47N5O2/c1-24(2)13-19-38(20-14-25(3)4)34(40)26-9-11-31-32(21-26)39(18-8-17-37-15-6-7-16-37)33(36-31)29-23-35-30-12-10-27(41-5)22-28(29)30/h9-12,21-25,35H,6-8,13-20H2,1-5H3. The molecule has 41 heavy (non-hydrogen) atoms. The van der Waals surface area contributed by atoms with Gasteiger partial charge in [-0.1, -0.05) is 27.7 Å². The van der Waals surface area contributed by atoms with Gasteiger partial charge >= 0.3 is 0 Å². The second-order valence-electron chi connectivity index (χ2n) is 12.5. The van der Waals surface area contributed by atoms with Crippen LogP contribution < -0.4 is 4.74 Å². The van der Waals surface area contributed by atoms with E-state index >= 15 is 0 Å². The van der Waals surface area contributed by atoms with E-state index in [0.29, 0.717) is 11.8 Å². The Morgan fingerprint density at radius 2 is 1.73 bits per heavy atom. The van der Waals surface area contributed by atoms with Crippen LogP contribution in [0.5, 0.6) is 5.75 Å². The number of aromatic amines is 1. The predicted octanol–water partition coefficient (Wildman–Crippen LogP) is 7.21. The summed E-state index contributed by atoms with van der Waals surface area (Å²) in [6.45, 7) is 14.8. The lowest BCUT2D eigenvalue weighted by atomic mass is 10.1. The highest BCUT2D eigenvalue weighted by molar-refractivity contribution is 6.00. The van der Waals surface area contributed by atoms with Crippen molar-refractivity contribution in [1.29, 1.82) is 0 Å². The van der Waals surface area contributed by atoms with Crippen molar-refractivity contribution >= 4 is 27.8 Å². The van der Waals surface area contributed by atoms with Crippen molar-refractivity contribution in [3.8, 4) is 17.1 Å². The summed E-state index contributed by atoms with van der Waals surface area (Å²) in [5.41, 5.74) is 4.80. The number of ether oxygens (including phenoxy) is 1. The first-order valence-electron chi connectivity index (χ1n) is 15.5.